The summed E-state index contributed by atoms with van der Waals surface area (Å²) in [6, 6.07) is 9.08. The maximum absolute atomic E-state index is 12.5. The van der Waals surface area contributed by atoms with Crippen LogP contribution in [0.1, 0.15) is 6.92 Å². The van der Waals surface area contributed by atoms with Gasteiger partial charge in [-0.2, -0.15) is 0 Å². The lowest BCUT2D eigenvalue weighted by molar-refractivity contribution is 0.601. The smallest absolute Gasteiger partial charge is 0.299 e. The Morgan fingerprint density at radius 3 is 2.54 bits per heavy atom. The van der Waals surface area contributed by atoms with Crippen LogP contribution in [0.2, 0.25) is 10.0 Å². The van der Waals surface area contributed by atoms with Gasteiger partial charge in [0, 0.05) is 6.54 Å². The van der Waals surface area contributed by atoms with Crippen molar-refractivity contribution in [1.29, 1.82) is 0 Å². The van der Waals surface area contributed by atoms with Gasteiger partial charge < -0.3 is 0 Å². The van der Waals surface area contributed by atoms with Crippen LogP contribution in [0.3, 0.4) is 0 Å². The molecule has 3 rings (SSSR count). The number of thiazole rings is 1. The quantitative estimate of drug-likeness (QED) is 0.710. The molecule has 0 aliphatic heterocycles. The SMILES string of the molecule is CCn1c(=O)sc2cc(S(=O)(=O)Nc3ccc(Cl)c(Cl)c3)ccc21. The molecule has 1 N–H and O–H groups in total. The van der Waals surface area contributed by atoms with Gasteiger partial charge in [-0.15, -0.1) is 0 Å². The van der Waals surface area contributed by atoms with Gasteiger partial charge in [0.1, 0.15) is 0 Å². The van der Waals surface area contributed by atoms with Crippen LogP contribution in [0.5, 0.6) is 0 Å². The van der Waals surface area contributed by atoms with E-state index in [1.807, 2.05) is 6.92 Å². The molecule has 0 saturated carbocycles. The molecule has 2 aromatic carbocycles. The fourth-order valence-electron chi connectivity index (χ4n) is 2.29. The van der Waals surface area contributed by atoms with Gasteiger partial charge in [0.15, 0.2) is 0 Å². The summed E-state index contributed by atoms with van der Waals surface area (Å²) in [7, 11) is -3.80. The van der Waals surface area contributed by atoms with Crippen molar-refractivity contribution in [2.75, 3.05) is 4.72 Å². The highest BCUT2D eigenvalue weighted by Gasteiger charge is 2.17. The van der Waals surface area contributed by atoms with E-state index < -0.39 is 10.0 Å². The summed E-state index contributed by atoms with van der Waals surface area (Å²) in [5.41, 5.74) is 1.03. The first kappa shape index (κ1) is 17.3. The zero-order chi connectivity index (χ0) is 17.5. The Labute approximate surface area is 152 Å². The number of hydrogen-bond donors (Lipinski definition) is 1. The molecular formula is C15H12Cl2N2O3S2. The molecule has 0 bridgehead atoms. The van der Waals surface area contributed by atoms with Crippen LogP contribution in [0.4, 0.5) is 5.69 Å². The van der Waals surface area contributed by atoms with Gasteiger partial charge in [-0.3, -0.25) is 14.1 Å². The number of aryl methyl sites for hydroxylation is 1. The first-order valence-electron chi connectivity index (χ1n) is 6.93. The topological polar surface area (TPSA) is 68.2 Å². The van der Waals surface area contributed by atoms with Crippen molar-refractivity contribution >= 4 is 60.5 Å². The molecule has 0 aliphatic carbocycles. The Balaban J connectivity index is 2.01. The number of hydrogen-bond acceptors (Lipinski definition) is 4. The molecule has 9 heteroatoms. The lowest BCUT2D eigenvalue weighted by Crippen LogP contribution is -2.13. The maximum atomic E-state index is 12.5. The Bertz CT molecular complexity index is 1090. The van der Waals surface area contributed by atoms with Gasteiger partial charge in [0.25, 0.3) is 10.0 Å². The van der Waals surface area contributed by atoms with Crippen molar-refractivity contribution in [3.63, 3.8) is 0 Å². The number of nitrogens with zero attached hydrogens (tertiary/aromatic N) is 1. The molecule has 0 atom stereocenters. The molecule has 0 amide bonds. The summed E-state index contributed by atoms with van der Waals surface area (Å²) >= 11 is 12.7. The molecule has 3 aromatic rings. The zero-order valence-electron chi connectivity index (χ0n) is 12.4. The summed E-state index contributed by atoms with van der Waals surface area (Å²) in [5, 5.41) is 0.595. The summed E-state index contributed by atoms with van der Waals surface area (Å²) < 4.78 is 29.7. The van der Waals surface area contributed by atoms with Crippen molar-refractivity contribution in [3.05, 3.63) is 56.1 Å². The Hall–Kier alpha value is -1.54. The van der Waals surface area contributed by atoms with Crippen LogP contribution in [-0.2, 0) is 16.6 Å². The molecule has 1 aromatic heterocycles. The number of anilines is 1. The van der Waals surface area contributed by atoms with Crippen molar-refractivity contribution in [2.45, 2.75) is 18.4 Å². The Morgan fingerprint density at radius 2 is 1.88 bits per heavy atom. The molecule has 126 valence electrons. The molecule has 1 heterocycles. The minimum Gasteiger partial charge on any atom is -0.299 e. The summed E-state index contributed by atoms with van der Waals surface area (Å²) in [5.74, 6) is 0. The average molecular weight is 403 g/mol. The largest absolute Gasteiger partial charge is 0.308 e. The standard InChI is InChI=1S/C15H12Cl2N2O3S2/c1-2-19-13-6-4-10(8-14(13)23-15(19)20)24(21,22)18-9-3-5-11(16)12(17)7-9/h3-8,18H,2H2,1H3. The van der Waals surface area contributed by atoms with Crippen LogP contribution in [-0.4, -0.2) is 13.0 Å². The van der Waals surface area contributed by atoms with Gasteiger partial charge in [-0.25, -0.2) is 8.42 Å². The average Bonchev–Trinajstić information content (AvgIpc) is 2.84. The second-order valence-corrected chi connectivity index (χ2v) is 8.47. The lowest BCUT2D eigenvalue weighted by atomic mass is 10.3. The highest BCUT2D eigenvalue weighted by atomic mass is 35.5. The highest BCUT2D eigenvalue weighted by Crippen LogP contribution is 2.27. The summed E-state index contributed by atoms with van der Waals surface area (Å²) in [6.45, 7) is 2.40. The van der Waals surface area contributed by atoms with Crippen LogP contribution in [0.15, 0.2) is 46.1 Å². The van der Waals surface area contributed by atoms with Crippen molar-refractivity contribution in [1.82, 2.24) is 4.57 Å². The predicted octanol–water partition coefficient (Wildman–Crippen LogP) is 4.19. The molecule has 0 fully saturated rings. The van der Waals surface area contributed by atoms with Gasteiger partial charge in [0.05, 0.1) is 30.8 Å². The monoisotopic (exact) mass is 402 g/mol. The number of rotatable bonds is 4. The van der Waals surface area contributed by atoms with Crippen LogP contribution in [0, 0.1) is 0 Å². The van der Waals surface area contributed by atoms with Crippen LogP contribution < -0.4 is 9.60 Å². The number of aromatic nitrogens is 1. The number of fused-ring (bicyclic) bond motifs is 1. The van der Waals surface area contributed by atoms with E-state index in [2.05, 4.69) is 4.72 Å². The Kier molecular flexibility index (Phi) is 4.61. The van der Waals surface area contributed by atoms with E-state index in [4.69, 9.17) is 23.2 Å². The summed E-state index contributed by atoms with van der Waals surface area (Å²) in [4.78, 5) is 11.8. The molecule has 5 nitrogen and oxygen atoms in total. The van der Waals surface area contributed by atoms with Crippen molar-refractivity contribution in [2.24, 2.45) is 0 Å². The minimum absolute atomic E-state index is 0.0746. The fourth-order valence-corrected chi connectivity index (χ4v) is 4.73. The van der Waals surface area contributed by atoms with E-state index in [1.54, 1.807) is 10.6 Å². The third kappa shape index (κ3) is 3.17. The maximum Gasteiger partial charge on any atom is 0.308 e. The van der Waals surface area contributed by atoms with E-state index in [0.29, 0.717) is 22.0 Å². The van der Waals surface area contributed by atoms with E-state index in [1.165, 1.54) is 30.3 Å². The fraction of sp³-hybridized carbons (Fsp3) is 0.133. The number of sulfonamides is 1. The number of nitrogens with one attached hydrogen (secondary N) is 1. The second-order valence-electron chi connectivity index (χ2n) is 4.98. The minimum atomic E-state index is -3.80. The molecule has 0 unspecified atom stereocenters. The zero-order valence-corrected chi connectivity index (χ0v) is 15.6. The molecule has 24 heavy (non-hydrogen) atoms. The first-order valence-corrected chi connectivity index (χ1v) is 9.98. The van der Waals surface area contributed by atoms with Crippen molar-refractivity contribution in [3.8, 4) is 0 Å². The van der Waals surface area contributed by atoms with Gasteiger partial charge in [-0.1, -0.05) is 34.5 Å². The molecule has 0 spiro atoms. The third-order valence-electron chi connectivity index (χ3n) is 3.44. The second kappa shape index (κ2) is 6.40. The summed E-state index contributed by atoms with van der Waals surface area (Å²) in [6.07, 6.45) is 0. The first-order chi connectivity index (χ1) is 11.3. The molecule has 0 radical (unpaired) electrons. The van der Waals surface area contributed by atoms with E-state index >= 15 is 0 Å². The van der Waals surface area contributed by atoms with E-state index in [9.17, 15) is 13.2 Å². The van der Waals surface area contributed by atoms with E-state index in [-0.39, 0.29) is 14.8 Å². The normalized spacial score (nSPS) is 11.8. The molecule has 0 aliphatic rings. The third-order valence-corrected chi connectivity index (χ3v) is 6.50. The van der Waals surface area contributed by atoms with Gasteiger partial charge >= 0.3 is 4.87 Å². The van der Waals surface area contributed by atoms with Gasteiger partial charge in [0.2, 0.25) is 0 Å². The predicted molar refractivity (Wildman–Crippen MR) is 99.0 cm³/mol. The van der Waals surface area contributed by atoms with Crippen molar-refractivity contribution < 1.29 is 8.42 Å². The van der Waals surface area contributed by atoms with Gasteiger partial charge in [-0.05, 0) is 43.3 Å². The number of benzene rings is 2. The Morgan fingerprint density at radius 1 is 1.12 bits per heavy atom. The molecular weight excluding hydrogens is 391 g/mol. The highest BCUT2D eigenvalue weighted by molar-refractivity contribution is 7.92. The van der Waals surface area contributed by atoms with Crippen LogP contribution >= 0.6 is 34.5 Å². The number of halogens is 2. The van der Waals surface area contributed by atoms with E-state index in [0.717, 1.165) is 16.9 Å². The molecule has 0 saturated heterocycles. The lowest BCUT2D eigenvalue weighted by Gasteiger charge is -2.09. The van der Waals surface area contributed by atoms with Crippen LogP contribution in [0.25, 0.3) is 10.2 Å².